The van der Waals surface area contributed by atoms with Gasteiger partial charge in [-0.25, -0.2) is 5.43 Å². The molecule has 0 fully saturated rings. The maximum Gasteiger partial charge on any atom is 0.0897 e. The maximum atomic E-state index is 5.57. The summed E-state index contributed by atoms with van der Waals surface area (Å²) in [5.41, 5.74) is 4.65. The first-order chi connectivity index (χ1) is 7.81. The minimum atomic E-state index is -0.122. The second-order valence-corrected chi connectivity index (χ2v) is 4.53. The van der Waals surface area contributed by atoms with Crippen molar-refractivity contribution in [3.63, 3.8) is 0 Å². The molecular formula is C11H11IN4. The molecule has 2 aromatic rings. The highest BCUT2D eigenvalue weighted by Crippen LogP contribution is 2.20. The van der Waals surface area contributed by atoms with Gasteiger partial charge in [-0.1, -0.05) is 12.1 Å². The van der Waals surface area contributed by atoms with Crippen LogP contribution in [-0.2, 0) is 0 Å². The second-order valence-electron chi connectivity index (χ2n) is 3.28. The second kappa shape index (κ2) is 5.33. The fraction of sp³-hybridized carbons (Fsp3) is 0.0909. The van der Waals surface area contributed by atoms with E-state index in [0.717, 1.165) is 11.3 Å². The molecule has 0 bridgehead atoms. The summed E-state index contributed by atoms with van der Waals surface area (Å²) in [6, 6.07) is 8.00. The Balaban J connectivity index is 2.37. The van der Waals surface area contributed by atoms with Crippen LogP contribution in [0.4, 0.5) is 0 Å². The van der Waals surface area contributed by atoms with E-state index >= 15 is 0 Å². The molecule has 0 saturated heterocycles. The molecule has 0 radical (unpaired) electrons. The Kier molecular flexibility index (Phi) is 3.81. The van der Waals surface area contributed by atoms with E-state index in [2.05, 4.69) is 44.1 Å². The van der Waals surface area contributed by atoms with Crippen LogP contribution in [0.25, 0.3) is 0 Å². The van der Waals surface area contributed by atoms with E-state index in [1.54, 1.807) is 18.6 Å². The average molecular weight is 326 g/mol. The Morgan fingerprint density at radius 1 is 1.31 bits per heavy atom. The molecule has 3 N–H and O–H groups in total. The minimum Gasteiger partial charge on any atom is -0.271 e. The molecule has 1 unspecified atom stereocenters. The van der Waals surface area contributed by atoms with Crippen molar-refractivity contribution >= 4 is 22.6 Å². The molecule has 5 heteroatoms. The van der Waals surface area contributed by atoms with Crippen LogP contribution in [0.5, 0.6) is 0 Å². The van der Waals surface area contributed by atoms with E-state index in [9.17, 15) is 0 Å². The number of benzene rings is 1. The minimum absolute atomic E-state index is 0.122. The largest absolute Gasteiger partial charge is 0.271 e. The molecule has 82 valence electrons. The SMILES string of the molecule is NNC(c1cccc(I)c1)c1cnccn1. The summed E-state index contributed by atoms with van der Waals surface area (Å²) in [6.07, 6.45) is 5.02. The topological polar surface area (TPSA) is 63.8 Å². The van der Waals surface area contributed by atoms with E-state index in [-0.39, 0.29) is 6.04 Å². The van der Waals surface area contributed by atoms with Crippen LogP contribution in [0.1, 0.15) is 17.3 Å². The molecule has 1 atom stereocenters. The van der Waals surface area contributed by atoms with E-state index in [1.165, 1.54) is 3.57 Å². The Hall–Kier alpha value is -1.05. The average Bonchev–Trinajstić information content (AvgIpc) is 2.31. The Morgan fingerprint density at radius 3 is 2.81 bits per heavy atom. The zero-order valence-electron chi connectivity index (χ0n) is 8.47. The third-order valence-corrected chi connectivity index (χ3v) is 2.90. The number of hydrazine groups is 1. The molecule has 0 aliphatic carbocycles. The van der Waals surface area contributed by atoms with Crippen LogP contribution >= 0.6 is 22.6 Å². The van der Waals surface area contributed by atoms with Crippen molar-refractivity contribution in [1.82, 2.24) is 15.4 Å². The number of halogens is 1. The summed E-state index contributed by atoms with van der Waals surface area (Å²) in [5.74, 6) is 5.57. The van der Waals surface area contributed by atoms with Crippen molar-refractivity contribution in [3.8, 4) is 0 Å². The van der Waals surface area contributed by atoms with E-state index in [1.807, 2.05) is 18.2 Å². The number of nitrogens with one attached hydrogen (secondary N) is 1. The summed E-state index contributed by atoms with van der Waals surface area (Å²) >= 11 is 2.27. The molecule has 2 rings (SSSR count). The lowest BCUT2D eigenvalue weighted by molar-refractivity contribution is 0.617. The van der Waals surface area contributed by atoms with Gasteiger partial charge in [-0.3, -0.25) is 15.8 Å². The van der Waals surface area contributed by atoms with Crippen LogP contribution in [0, 0.1) is 3.57 Å². The maximum absolute atomic E-state index is 5.57. The monoisotopic (exact) mass is 326 g/mol. The number of nitrogens with two attached hydrogens (primary N) is 1. The predicted molar refractivity (Wildman–Crippen MR) is 70.4 cm³/mol. The van der Waals surface area contributed by atoms with Crippen molar-refractivity contribution in [2.24, 2.45) is 5.84 Å². The molecule has 0 aliphatic heterocycles. The van der Waals surface area contributed by atoms with Crippen molar-refractivity contribution in [3.05, 3.63) is 57.7 Å². The van der Waals surface area contributed by atoms with Gasteiger partial charge in [-0.15, -0.1) is 0 Å². The van der Waals surface area contributed by atoms with Crippen molar-refractivity contribution in [2.75, 3.05) is 0 Å². The Bertz CT molecular complexity index is 461. The zero-order valence-corrected chi connectivity index (χ0v) is 10.6. The highest BCUT2D eigenvalue weighted by molar-refractivity contribution is 14.1. The van der Waals surface area contributed by atoms with Crippen LogP contribution < -0.4 is 11.3 Å². The van der Waals surface area contributed by atoms with Gasteiger partial charge in [0.1, 0.15) is 0 Å². The third-order valence-electron chi connectivity index (χ3n) is 2.23. The van der Waals surface area contributed by atoms with Crippen LogP contribution in [0.2, 0.25) is 0 Å². The van der Waals surface area contributed by atoms with E-state index in [4.69, 9.17) is 5.84 Å². The quantitative estimate of drug-likeness (QED) is 0.511. The molecule has 0 spiro atoms. The first-order valence-corrected chi connectivity index (χ1v) is 5.86. The molecule has 0 aliphatic rings. The van der Waals surface area contributed by atoms with Gasteiger partial charge in [-0.2, -0.15) is 0 Å². The van der Waals surface area contributed by atoms with Crippen molar-refractivity contribution < 1.29 is 0 Å². The van der Waals surface area contributed by atoms with E-state index < -0.39 is 0 Å². The predicted octanol–water partition coefficient (Wildman–Crippen LogP) is 1.63. The van der Waals surface area contributed by atoms with Crippen LogP contribution in [0.3, 0.4) is 0 Å². The van der Waals surface area contributed by atoms with Crippen molar-refractivity contribution in [1.29, 1.82) is 0 Å². The highest BCUT2D eigenvalue weighted by atomic mass is 127. The fourth-order valence-corrected chi connectivity index (χ4v) is 2.07. The van der Waals surface area contributed by atoms with Gasteiger partial charge >= 0.3 is 0 Å². The lowest BCUT2D eigenvalue weighted by atomic mass is 10.1. The van der Waals surface area contributed by atoms with Crippen LogP contribution in [0.15, 0.2) is 42.9 Å². The number of nitrogens with zero attached hydrogens (tertiary/aromatic N) is 2. The first-order valence-electron chi connectivity index (χ1n) is 4.79. The van der Waals surface area contributed by atoms with Gasteiger partial charge in [0.25, 0.3) is 0 Å². The summed E-state index contributed by atoms with van der Waals surface area (Å²) in [5, 5.41) is 0. The number of hydrogen-bond donors (Lipinski definition) is 2. The van der Waals surface area contributed by atoms with Crippen molar-refractivity contribution in [2.45, 2.75) is 6.04 Å². The standard InChI is InChI=1S/C11H11IN4/c12-9-3-1-2-8(6-9)11(16-13)10-7-14-4-5-15-10/h1-7,11,16H,13H2. The van der Waals surface area contributed by atoms with Gasteiger partial charge in [0.15, 0.2) is 0 Å². The number of rotatable bonds is 3. The molecule has 4 nitrogen and oxygen atoms in total. The number of hydrogen-bond acceptors (Lipinski definition) is 4. The molecule has 1 aromatic heterocycles. The first kappa shape index (κ1) is 11.4. The molecular weight excluding hydrogens is 315 g/mol. The molecule has 0 amide bonds. The molecule has 1 heterocycles. The lowest BCUT2D eigenvalue weighted by Gasteiger charge is -2.15. The normalized spacial score (nSPS) is 12.4. The molecule has 16 heavy (non-hydrogen) atoms. The van der Waals surface area contributed by atoms with Crippen LogP contribution in [-0.4, -0.2) is 9.97 Å². The Labute approximate surface area is 107 Å². The lowest BCUT2D eigenvalue weighted by Crippen LogP contribution is -2.29. The van der Waals surface area contributed by atoms with Gasteiger partial charge < -0.3 is 0 Å². The summed E-state index contributed by atoms with van der Waals surface area (Å²) in [4.78, 5) is 8.29. The van der Waals surface area contributed by atoms with Gasteiger partial charge in [0, 0.05) is 16.0 Å². The van der Waals surface area contributed by atoms with E-state index in [0.29, 0.717) is 0 Å². The zero-order chi connectivity index (χ0) is 11.4. The Morgan fingerprint density at radius 2 is 2.19 bits per heavy atom. The summed E-state index contributed by atoms with van der Waals surface area (Å²) < 4.78 is 1.17. The van der Waals surface area contributed by atoms with Gasteiger partial charge in [0.05, 0.1) is 17.9 Å². The fourth-order valence-electron chi connectivity index (χ4n) is 1.50. The molecule has 0 saturated carbocycles. The highest BCUT2D eigenvalue weighted by Gasteiger charge is 2.13. The number of aromatic nitrogens is 2. The third kappa shape index (κ3) is 2.55. The molecule has 1 aromatic carbocycles. The van der Waals surface area contributed by atoms with Gasteiger partial charge in [0.2, 0.25) is 0 Å². The smallest absolute Gasteiger partial charge is 0.0897 e. The summed E-state index contributed by atoms with van der Waals surface area (Å²) in [7, 11) is 0. The van der Waals surface area contributed by atoms with Gasteiger partial charge in [-0.05, 0) is 40.3 Å². The summed E-state index contributed by atoms with van der Waals surface area (Å²) in [6.45, 7) is 0.